The molecule has 0 unspecified atom stereocenters. The van der Waals surface area contributed by atoms with Crippen LogP contribution in [0, 0.1) is 0 Å². The van der Waals surface area contributed by atoms with Gasteiger partial charge in [0.2, 0.25) is 10.0 Å². The van der Waals surface area contributed by atoms with Crippen molar-refractivity contribution in [2.45, 2.75) is 49.8 Å². The van der Waals surface area contributed by atoms with Gasteiger partial charge in [-0.3, -0.25) is 4.98 Å². The molecule has 0 bridgehead atoms. The van der Waals surface area contributed by atoms with E-state index in [9.17, 15) is 8.42 Å². The Balaban J connectivity index is 1.67. The SMILES string of the molecule is O=S(=O)(NC1CCCC1)[C@@H]1CCCN(c2cnccn2)C1. The van der Waals surface area contributed by atoms with Gasteiger partial charge in [0.25, 0.3) is 0 Å². The molecular formula is C14H22N4O2S. The van der Waals surface area contributed by atoms with Gasteiger partial charge in [0.1, 0.15) is 5.82 Å². The quantitative estimate of drug-likeness (QED) is 0.907. The van der Waals surface area contributed by atoms with Crippen molar-refractivity contribution in [2.75, 3.05) is 18.0 Å². The highest BCUT2D eigenvalue weighted by Crippen LogP contribution is 2.23. The fraction of sp³-hybridized carbons (Fsp3) is 0.714. The molecule has 116 valence electrons. The lowest BCUT2D eigenvalue weighted by Crippen LogP contribution is -2.48. The monoisotopic (exact) mass is 310 g/mol. The Kier molecular flexibility index (Phi) is 4.40. The van der Waals surface area contributed by atoms with Gasteiger partial charge in [0.15, 0.2) is 0 Å². The van der Waals surface area contributed by atoms with Crippen molar-refractivity contribution in [3.8, 4) is 0 Å². The average molecular weight is 310 g/mol. The first kappa shape index (κ1) is 14.7. The number of nitrogens with zero attached hydrogens (tertiary/aromatic N) is 3. The van der Waals surface area contributed by atoms with Gasteiger partial charge in [-0.05, 0) is 25.7 Å². The number of hydrogen-bond acceptors (Lipinski definition) is 5. The summed E-state index contributed by atoms with van der Waals surface area (Å²) in [5, 5.41) is -0.353. The molecule has 1 aliphatic carbocycles. The minimum absolute atomic E-state index is 0.141. The number of piperidine rings is 1. The van der Waals surface area contributed by atoms with E-state index in [0.717, 1.165) is 50.9 Å². The molecule has 1 N–H and O–H groups in total. The highest BCUT2D eigenvalue weighted by atomic mass is 32.2. The zero-order chi connectivity index (χ0) is 14.7. The molecule has 2 heterocycles. The Hall–Kier alpha value is -1.21. The number of hydrogen-bond donors (Lipinski definition) is 1. The van der Waals surface area contributed by atoms with Crippen LogP contribution < -0.4 is 9.62 Å². The van der Waals surface area contributed by atoms with Crippen molar-refractivity contribution in [1.29, 1.82) is 0 Å². The smallest absolute Gasteiger partial charge is 0.216 e. The molecule has 1 atom stereocenters. The summed E-state index contributed by atoms with van der Waals surface area (Å²) in [5.74, 6) is 0.762. The molecule has 1 saturated carbocycles. The van der Waals surface area contributed by atoms with Crippen LogP contribution in [0.1, 0.15) is 38.5 Å². The molecule has 1 aromatic rings. The molecule has 0 spiro atoms. The topological polar surface area (TPSA) is 75.2 Å². The largest absolute Gasteiger partial charge is 0.354 e. The second-order valence-corrected chi connectivity index (χ2v) is 7.91. The van der Waals surface area contributed by atoms with Crippen LogP contribution in [0.4, 0.5) is 5.82 Å². The van der Waals surface area contributed by atoms with Crippen LogP contribution in [-0.2, 0) is 10.0 Å². The van der Waals surface area contributed by atoms with E-state index in [2.05, 4.69) is 14.7 Å². The van der Waals surface area contributed by atoms with Crippen molar-refractivity contribution in [1.82, 2.24) is 14.7 Å². The van der Waals surface area contributed by atoms with E-state index in [1.54, 1.807) is 18.6 Å². The van der Waals surface area contributed by atoms with Crippen molar-refractivity contribution < 1.29 is 8.42 Å². The third kappa shape index (κ3) is 3.52. The average Bonchev–Trinajstić information content (AvgIpc) is 3.00. The number of nitrogens with one attached hydrogen (secondary N) is 1. The third-order valence-corrected chi connectivity index (χ3v) is 6.30. The lowest BCUT2D eigenvalue weighted by atomic mass is 10.1. The van der Waals surface area contributed by atoms with Crippen LogP contribution in [0.3, 0.4) is 0 Å². The van der Waals surface area contributed by atoms with Crippen LogP contribution in [0.2, 0.25) is 0 Å². The fourth-order valence-electron chi connectivity index (χ4n) is 3.23. The summed E-state index contributed by atoms with van der Waals surface area (Å²) in [5.41, 5.74) is 0. The zero-order valence-corrected chi connectivity index (χ0v) is 12.9. The molecule has 3 rings (SSSR count). The number of aromatic nitrogens is 2. The number of sulfonamides is 1. The molecule has 1 aromatic heterocycles. The normalized spacial score (nSPS) is 24.4. The highest BCUT2D eigenvalue weighted by Gasteiger charge is 2.33. The third-order valence-electron chi connectivity index (χ3n) is 4.38. The van der Waals surface area contributed by atoms with Gasteiger partial charge in [-0.1, -0.05) is 12.8 Å². The van der Waals surface area contributed by atoms with Crippen molar-refractivity contribution in [2.24, 2.45) is 0 Å². The van der Waals surface area contributed by atoms with E-state index in [-0.39, 0.29) is 11.3 Å². The Labute approximate surface area is 126 Å². The van der Waals surface area contributed by atoms with E-state index >= 15 is 0 Å². The summed E-state index contributed by atoms with van der Waals surface area (Å²) in [6, 6.07) is 0.141. The predicted molar refractivity (Wildman–Crippen MR) is 81.6 cm³/mol. The summed E-state index contributed by atoms with van der Waals surface area (Å²) < 4.78 is 28.0. The van der Waals surface area contributed by atoms with E-state index in [1.807, 2.05) is 4.90 Å². The maximum Gasteiger partial charge on any atom is 0.216 e. The van der Waals surface area contributed by atoms with Crippen molar-refractivity contribution in [3.05, 3.63) is 18.6 Å². The standard InChI is InChI=1S/C14H22N4O2S/c19-21(20,17-12-4-1-2-5-12)13-6-3-9-18(11-13)14-10-15-7-8-16-14/h7-8,10,12-13,17H,1-6,9,11H2/t13-/m1/s1. The summed E-state index contributed by atoms with van der Waals surface area (Å²) >= 11 is 0. The Morgan fingerprint density at radius 3 is 2.67 bits per heavy atom. The summed E-state index contributed by atoms with van der Waals surface area (Å²) in [4.78, 5) is 10.4. The van der Waals surface area contributed by atoms with Crippen LogP contribution in [0.5, 0.6) is 0 Å². The maximum absolute atomic E-state index is 12.5. The first-order valence-electron chi connectivity index (χ1n) is 7.67. The molecular weight excluding hydrogens is 288 g/mol. The Bertz CT molecular complexity index is 558. The predicted octanol–water partition coefficient (Wildman–Crippen LogP) is 1.31. The van der Waals surface area contributed by atoms with Gasteiger partial charge in [0, 0.05) is 31.5 Å². The van der Waals surface area contributed by atoms with E-state index in [4.69, 9.17) is 0 Å². The second-order valence-electron chi connectivity index (χ2n) is 5.92. The van der Waals surface area contributed by atoms with Gasteiger partial charge in [-0.25, -0.2) is 18.1 Å². The lowest BCUT2D eigenvalue weighted by Gasteiger charge is -2.33. The van der Waals surface area contributed by atoms with Crippen molar-refractivity contribution >= 4 is 15.8 Å². The summed E-state index contributed by atoms with van der Waals surface area (Å²) in [6.45, 7) is 1.34. The molecule has 0 amide bonds. The number of anilines is 1. The van der Waals surface area contributed by atoms with Gasteiger partial charge < -0.3 is 4.90 Å². The number of rotatable bonds is 4. The molecule has 1 aliphatic heterocycles. The van der Waals surface area contributed by atoms with Gasteiger partial charge >= 0.3 is 0 Å². The summed E-state index contributed by atoms with van der Waals surface area (Å²) in [7, 11) is -3.25. The molecule has 2 aliphatic rings. The second kappa shape index (κ2) is 6.27. The van der Waals surface area contributed by atoms with E-state index in [0.29, 0.717) is 6.54 Å². The minimum atomic E-state index is -3.25. The minimum Gasteiger partial charge on any atom is -0.354 e. The first-order chi connectivity index (χ1) is 10.1. The van der Waals surface area contributed by atoms with Crippen molar-refractivity contribution in [3.63, 3.8) is 0 Å². The maximum atomic E-state index is 12.5. The fourth-order valence-corrected chi connectivity index (χ4v) is 4.97. The van der Waals surface area contributed by atoms with Gasteiger partial charge in [-0.15, -0.1) is 0 Å². The van der Waals surface area contributed by atoms with E-state index in [1.165, 1.54) is 0 Å². The van der Waals surface area contributed by atoms with Crippen LogP contribution in [0.15, 0.2) is 18.6 Å². The Morgan fingerprint density at radius 2 is 1.95 bits per heavy atom. The first-order valence-corrected chi connectivity index (χ1v) is 9.22. The molecule has 1 saturated heterocycles. The van der Waals surface area contributed by atoms with E-state index < -0.39 is 10.0 Å². The van der Waals surface area contributed by atoms with Gasteiger partial charge in [0.05, 0.1) is 11.4 Å². The molecule has 7 heteroatoms. The molecule has 6 nitrogen and oxygen atoms in total. The molecule has 0 radical (unpaired) electrons. The highest BCUT2D eigenvalue weighted by molar-refractivity contribution is 7.90. The molecule has 21 heavy (non-hydrogen) atoms. The Morgan fingerprint density at radius 1 is 1.14 bits per heavy atom. The summed E-state index contributed by atoms with van der Waals surface area (Å²) in [6.07, 6.45) is 10.8. The van der Waals surface area contributed by atoms with Crippen LogP contribution >= 0.6 is 0 Å². The van der Waals surface area contributed by atoms with Crippen LogP contribution in [0.25, 0.3) is 0 Å². The lowest BCUT2D eigenvalue weighted by molar-refractivity contribution is 0.505. The zero-order valence-electron chi connectivity index (χ0n) is 12.1. The molecule has 0 aromatic carbocycles. The van der Waals surface area contributed by atoms with Gasteiger partial charge in [-0.2, -0.15) is 0 Å². The molecule has 2 fully saturated rings. The van der Waals surface area contributed by atoms with Crippen LogP contribution in [-0.4, -0.2) is 42.8 Å².